The minimum absolute atomic E-state index is 0.164. The molecule has 0 heterocycles. The third kappa shape index (κ3) is 3.22. The second-order valence-electron chi connectivity index (χ2n) is 5.48. The molecule has 2 rings (SSSR count). The summed E-state index contributed by atoms with van der Waals surface area (Å²) in [5, 5.41) is 14.1. The van der Waals surface area contributed by atoms with Crippen molar-refractivity contribution in [1.82, 2.24) is 0 Å². The first kappa shape index (κ1) is 12.9. The first-order valence-corrected chi connectivity index (χ1v) is 6.54. The Morgan fingerprint density at radius 3 is 2.78 bits per heavy atom. The van der Waals surface area contributed by atoms with E-state index in [9.17, 15) is 10.1 Å². The maximum atomic E-state index is 10.8. The number of non-ortho nitro benzene ring substituents is 1. The van der Waals surface area contributed by atoms with Crippen LogP contribution in [0.4, 0.5) is 11.4 Å². The average molecular weight is 248 g/mol. The molecule has 0 spiro atoms. The molecule has 0 aliphatic heterocycles. The Morgan fingerprint density at radius 1 is 1.39 bits per heavy atom. The first-order valence-electron chi connectivity index (χ1n) is 6.54. The van der Waals surface area contributed by atoms with Crippen LogP contribution in [0.25, 0.3) is 0 Å². The Bertz CT molecular complexity index is 445. The number of nitro groups is 1. The topological polar surface area (TPSA) is 55.2 Å². The molecule has 0 amide bonds. The lowest BCUT2D eigenvalue weighted by molar-refractivity contribution is -0.384. The van der Waals surface area contributed by atoms with E-state index >= 15 is 0 Å². The second-order valence-corrected chi connectivity index (χ2v) is 5.48. The zero-order chi connectivity index (χ0) is 13.1. The Labute approximate surface area is 108 Å². The lowest BCUT2D eigenvalue weighted by Gasteiger charge is -2.12. The third-order valence-electron chi connectivity index (χ3n) is 3.67. The van der Waals surface area contributed by atoms with Crippen LogP contribution in [0.15, 0.2) is 18.2 Å². The van der Waals surface area contributed by atoms with E-state index < -0.39 is 0 Å². The summed E-state index contributed by atoms with van der Waals surface area (Å²) in [6, 6.07) is 5.18. The fourth-order valence-electron chi connectivity index (χ4n) is 2.74. The largest absolute Gasteiger partial charge is 0.385 e. The molecule has 0 radical (unpaired) electrons. The molecule has 1 fully saturated rings. The van der Waals surface area contributed by atoms with Crippen LogP contribution in [-0.2, 0) is 0 Å². The van der Waals surface area contributed by atoms with Crippen molar-refractivity contribution in [2.75, 3.05) is 11.9 Å². The van der Waals surface area contributed by atoms with Gasteiger partial charge in [-0.1, -0.05) is 13.3 Å². The molecule has 1 aliphatic rings. The van der Waals surface area contributed by atoms with Crippen LogP contribution in [0, 0.1) is 28.9 Å². The molecule has 1 aromatic carbocycles. The van der Waals surface area contributed by atoms with E-state index in [1.165, 1.54) is 19.3 Å². The number of rotatable bonds is 4. The molecule has 1 aromatic rings. The van der Waals surface area contributed by atoms with Gasteiger partial charge in [-0.25, -0.2) is 0 Å². The van der Waals surface area contributed by atoms with Gasteiger partial charge < -0.3 is 5.32 Å². The molecule has 4 nitrogen and oxygen atoms in total. The fourth-order valence-corrected chi connectivity index (χ4v) is 2.74. The highest BCUT2D eigenvalue weighted by atomic mass is 16.6. The minimum atomic E-state index is -0.337. The fraction of sp³-hybridized carbons (Fsp3) is 0.571. The van der Waals surface area contributed by atoms with Gasteiger partial charge in [0, 0.05) is 24.4 Å². The van der Waals surface area contributed by atoms with Crippen molar-refractivity contribution in [2.24, 2.45) is 11.8 Å². The molecule has 1 aliphatic carbocycles. The van der Waals surface area contributed by atoms with Crippen molar-refractivity contribution >= 4 is 11.4 Å². The summed E-state index contributed by atoms with van der Waals surface area (Å²) in [6.45, 7) is 5.10. The summed E-state index contributed by atoms with van der Waals surface area (Å²) in [5.74, 6) is 1.53. The van der Waals surface area contributed by atoms with Crippen LogP contribution in [0.1, 0.15) is 31.7 Å². The highest BCUT2D eigenvalue weighted by Crippen LogP contribution is 2.30. The van der Waals surface area contributed by atoms with Crippen LogP contribution in [0.5, 0.6) is 0 Å². The molecule has 2 atom stereocenters. The van der Waals surface area contributed by atoms with Crippen LogP contribution in [-0.4, -0.2) is 11.5 Å². The molecule has 98 valence electrons. The lowest BCUT2D eigenvalue weighted by Crippen LogP contribution is -2.11. The number of nitrogens with zero attached hydrogens (tertiary/aromatic N) is 1. The number of aryl methyl sites for hydroxylation is 1. The molecule has 0 aromatic heterocycles. The summed E-state index contributed by atoms with van der Waals surface area (Å²) in [6.07, 6.45) is 3.84. The SMILES string of the molecule is Cc1cc(NCC2CCC(C)C2)cc([N+](=O)[O-])c1. The number of nitrogens with one attached hydrogen (secondary N) is 1. The molecular formula is C14H20N2O2. The van der Waals surface area contributed by atoms with Gasteiger partial charge in [0.15, 0.2) is 0 Å². The van der Waals surface area contributed by atoms with Gasteiger partial charge in [-0.05, 0) is 43.2 Å². The normalized spacial score (nSPS) is 23.0. The standard InChI is InChI=1S/C14H20N2O2/c1-10-3-4-12(5-10)9-15-13-6-11(2)7-14(8-13)16(17)18/h6-8,10,12,15H,3-5,9H2,1-2H3. The van der Waals surface area contributed by atoms with Crippen LogP contribution < -0.4 is 5.32 Å². The van der Waals surface area contributed by atoms with Crippen molar-refractivity contribution in [3.63, 3.8) is 0 Å². The molecule has 4 heteroatoms. The first-order chi connectivity index (χ1) is 8.54. The van der Waals surface area contributed by atoms with E-state index in [-0.39, 0.29) is 10.6 Å². The highest BCUT2D eigenvalue weighted by molar-refractivity contribution is 5.53. The van der Waals surface area contributed by atoms with Crippen molar-refractivity contribution in [3.05, 3.63) is 33.9 Å². The Hall–Kier alpha value is -1.58. The van der Waals surface area contributed by atoms with Crippen molar-refractivity contribution < 1.29 is 4.92 Å². The van der Waals surface area contributed by atoms with E-state index in [4.69, 9.17) is 0 Å². The second kappa shape index (κ2) is 5.38. The summed E-state index contributed by atoms with van der Waals surface area (Å²) in [7, 11) is 0. The Morgan fingerprint density at radius 2 is 2.17 bits per heavy atom. The van der Waals surface area contributed by atoms with Crippen molar-refractivity contribution in [2.45, 2.75) is 33.1 Å². The predicted molar refractivity (Wildman–Crippen MR) is 72.8 cm³/mol. The summed E-state index contributed by atoms with van der Waals surface area (Å²) in [4.78, 5) is 10.4. The smallest absolute Gasteiger partial charge is 0.271 e. The molecule has 1 N–H and O–H groups in total. The van der Waals surface area contributed by atoms with Gasteiger partial charge in [0.25, 0.3) is 5.69 Å². The summed E-state index contributed by atoms with van der Waals surface area (Å²) < 4.78 is 0. The van der Waals surface area contributed by atoms with Gasteiger partial charge in [0.1, 0.15) is 0 Å². The minimum Gasteiger partial charge on any atom is -0.385 e. The number of anilines is 1. The Kier molecular flexibility index (Phi) is 3.84. The zero-order valence-electron chi connectivity index (χ0n) is 11.0. The zero-order valence-corrected chi connectivity index (χ0v) is 11.0. The monoisotopic (exact) mass is 248 g/mol. The van der Waals surface area contributed by atoms with Crippen molar-refractivity contribution in [3.8, 4) is 0 Å². The van der Waals surface area contributed by atoms with Crippen LogP contribution >= 0.6 is 0 Å². The van der Waals surface area contributed by atoms with Gasteiger partial charge in [-0.3, -0.25) is 10.1 Å². The van der Waals surface area contributed by atoms with E-state index in [0.717, 1.165) is 23.7 Å². The Balaban J connectivity index is 1.98. The van der Waals surface area contributed by atoms with Gasteiger partial charge >= 0.3 is 0 Å². The van der Waals surface area contributed by atoms with Gasteiger partial charge in [0.05, 0.1) is 4.92 Å². The predicted octanol–water partition coefficient (Wildman–Crippen LogP) is 3.75. The molecular weight excluding hydrogens is 228 g/mol. The number of benzene rings is 1. The maximum Gasteiger partial charge on any atom is 0.271 e. The number of hydrogen-bond donors (Lipinski definition) is 1. The van der Waals surface area contributed by atoms with E-state index in [1.54, 1.807) is 12.1 Å². The molecule has 18 heavy (non-hydrogen) atoms. The van der Waals surface area contributed by atoms with E-state index in [2.05, 4.69) is 12.2 Å². The molecule has 1 saturated carbocycles. The molecule has 0 saturated heterocycles. The van der Waals surface area contributed by atoms with Crippen LogP contribution in [0.3, 0.4) is 0 Å². The molecule has 0 bridgehead atoms. The summed E-state index contributed by atoms with van der Waals surface area (Å²) in [5.41, 5.74) is 1.95. The number of hydrogen-bond acceptors (Lipinski definition) is 3. The highest BCUT2D eigenvalue weighted by Gasteiger charge is 2.21. The van der Waals surface area contributed by atoms with E-state index in [0.29, 0.717) is 5.92 Å². The number of nitro benzene ring substituents is 1. The maximum absolute atomic E-state index is 10.8. The third-order valence-corrected chi connectivity index (χ3v) is 3.67. The average Bonchev–Trinajstić information content (AvgIpc) is 2.72. The lowest BCUT2D eigenvalue weighted by atomic mass is 10.1. The van der Waals surface area contributed by atoms with Crippen LogP contribution in [0.2, 0.25) is 0 Å². The molecule has 2 unspecified atom stereocenters. The van der Waals surface area contributed by atoms with Crippen molar-refractivity contribution in [1.29, 1.82) is 0 Å². The quantitative estimate of drug-likeness (QED) is 0.652. The van der Waals surface area contributed by atoms with E-state index in [1.807, 2.05) is 13.0 Å². The van der Waals surface area contributed by atoms with Gasteiger partial charge in [-0.15, -0.1) is 0 Å². The van der Waals surface area contributed by atoms with Gasteiger partial charge in [0.2, 0.25) is 0 Å². The summed E-state index contributed by atoms with van der Waals surface area (Å²) >= 11 is 0. The van der Waals surface area contributed by atoms with Gasteiger partial charge in [-0.2, -0.15) is 0 Å².